The third-order valence-electron chi connectivity index (χ3n) is 5.55. The SMILES string of the molecule is CC(C)=CC(=O)C1C(c2ccc([N+](=O)[O-])cc2)N1C(c1ccccc1)c1ccccc1. The molecular formula is C26H24N2O3. The van der Waals surface area contributed by atoms with E-state index in [1.165, 1.54) is 12.1 Å². The van der Waals surface area contributed by atoms with Gasteiger partial charge in [-0.05, 0) is 36.6 Å². The van der Waals surface area contributed by atoms with Crippen LogP contribution in [0.25, 0.3) is 0 Å². The average molecular weight is 412 g/mol. The van der Waals surface area contributed by atoms with E-state index in [1.54, 1.807) is 18.2 Å². The second-order valence-electron chi connectivity index (χ2n) is 8.03. The lowest BCUT2D eigenvalue weighted by Gasteiger charge is -2.21. The van der Waals surface area contributed by atoms with Crippen LogP contribution >= 0.6 is 0 Å². The Morgan fingerprint density at radius 1 is 0.903 bits per heavy atom. The summed E-state index contributed by atoms with van der Waals surface area (Å²) in [5, 5.41) is 11.1. The Hall–Kier alpha value is -3.57. The van der Waals surface area contributed by atoms with Gasteiger partial charge in [0.05, 0.1) is 23.0 Å². The molecule has 1 fully saturated rings. The van der Waals surface area contributed by atoms with Crippen LogP contribution in [-0.2, 0) is 4.79 Å². The third kappa shape index (κ3) is 4.32. The number of hydrogen-bond acceptors (Lipinski definition) is 4. The van der Waals surface area contributed by atoms with E-state index in [0.29, 0.717) is 0 Å². The van der Waals surface area contributed by atoms with Gasteiger partial charge in [-0.25, -0.2) is 0 Å². The highest BCUT2D eigenvalue weighted by molar-refractivity contribution is 5.98. The van der Waals surface area contributed by atoms with Crippen LogP contribution in [0.2, 0.25) is 0 Å². The summed E-state index contributed by atoms with van der Waals surface area (Å²) >= 11 is 0. The van der Waals surface area contributed by atoms with Crippen molar-refractivity contribution in [1.29, 1.82) is 0 Å². The van der Waals surface area contributed by atoms with Crippen molar-refractivity contribution in [3.63, 3.8) is 0 Å². The molecule has 0 aliphatic carbocycles. The number of carbonyl (C=O) groups is 1. The molecule has 5 nitrogen and oxygen atoms in total. The summed E-state index contributed by atoms with van der Waals surface area (Å²) in [6, 6.07) is 26.3. The van der Waals surface area contributed by atoms with Crippen molar-refractivity contribution in [2.75, 3.05) is 0 Å². The molecular weight excluding hydrogens is 388 g/mol. The molecule has 3 atom stereocenters. The molecule has 0 aromatic heterocycles. The standard InChI is InChI=1S/C26H24N2O3/c1-18(2)17-23(29)26-25(21-13-15-22(16-14-21)28(30)31)27(26)24(19-9-5-3-6-10-19)20-11-7-4-8-12-20/h3-17,24-26H,1-2H3. The van der Waals surface area contributed by atoms with Crippen molar-refractivity contribution in [1.82, 2.24) is 4.90 Å². The Labute approximate surface area is 181 Å². The van der Waals surface area contributed by atoms with Gasteiger partial charge in [0.1, 0.15) is 0 Å². The zero-order valence-electron chi connectivity index (χ0n) is 17.5. The zero-order chi connectivity index (χ0) is 22.0. The van der Waals surface area contributed by atoms with Crippen LogP contribution in [0.4, 0.5) is 5.69 Å². The molecule has 31 heavy (non-hydrogen) atoms. The van der Waals surface area contributed by atoms with E-state index in [2.05, 4.69) is 29.2 Å². The molecule has 1 heterocycles. The van der Waals surface area contributed by atoms with Crippen molar-refractivity contribution in [2.24, 2.45) is 0 Å². The smallest absolute Gasteiger partial charge is 0.269 e. The summed E-state index contributed by atoms with van der Waals surface area (Å²) < 4.78 is 0. The fourth-order valence-electron chi connectivity index (χ4n) is 4.20. The minimum absolute atomic E-state index is 0.0470. The summed E-state index contributed by atoms with van der Waals surface area (Å²) in [4.78, 5) is 26.0. The highest BCUT2D eigenvalue weighted by atomic mass is 16.6. The summed E-state index contributed by atoms with van der Waals surface area (Å²) in [5.74, 6) is 0.0558. The van der Waals surface area contributed by atoms with Crippen molar-refractivity contribution < 1.29 is 9.72 Å². The van der Waals surface area contributed by atoms with E-state index in [1.807, 2.05) is 50.2 Å². The van der Waals surface area contributed by atoms with E-state index in [4.69, 9.17) is 0 Å². The first-order valence-corrected chi connectivity index (χ1v) is 10.3. The highest BCUT2D eigenvalue weighted by Gasteiger charge is 2.56. The summed E-state index contributed by atoms with van der Waals surface area (Å²) in [5.41, 5.74) is 4.12. The normalized spacial score (nSPS) is 19.6. The summed E-state index contributed by atoms with van der Waals surface area (Å²) in [6.45, 7) is 3.83. The molecule has 1 aliphatic rings. The molecule has 4 rings (SSSR count). The largest absolute Gasteiger partial charge is 0.293 e. The molecule has 0 amide bonds. The zero-order valence-corrected chi connectivity index (χ0v) is 17.5. The molecule has 0 radical (unpaired) electrons. The molecule has 3 aromatic carbocycles. The summed E-state index contributed by atoms with van der Waals surface area (Å²) in [6.07, 6.45) is 1.69. The maximum absolute atomic E-state index is 13.1. The molecule has 0 spiro atoms. The molecule has 3 aromatic rings. The monoisotopic (exact) mass is 412 g/mol. The van der Waals surface area contributed by atoms with Crippen LogP contribution in [0, 0.1) is 10.1 Å². The topological polar surface area (TPSA) is 63.2 Å². The molecule has 5 heteroatoms. The second-order valence-corrected chi connectivity index (χ2v) is 8.03. The van der Waals surface area contributed by atoms with Crippen LogP contribution in [-0.4, -0.2) is 21.6 Å². The maximum atomic E-state index is 13.1. The Kier molecular flexibility index (Phi) is 5.78. The van der Waals surface area contributed by atoms with Gasteiger partial charge in [-0.2, -0.15) is 0 Å². The van der Waals surface area contributed by atoms with E-state index in [0.717, 1.165) is 22.3 Å². The molecule has 156 valence electrons. The Morgan fingerprint density at radius 2 is 1.42 bits per heavy atom. The van der Waals surface area contributed by atoms with Gasteiger partial charge in [-0.15, -0.1) is 0 Å². The minimum atomic E-state index is -0.406. The van der Waals surface area contributed by atoms with Crippen LogP contribution in [0.15, 0.2) is 96.6 Å². The van der Waals surface area contributed by atoms with Crippen LogP contribution in [0.5, 0.6) is 0 Å². The van der Waals surface area contributed by atoms with Crippen LogP contribution < -0.4 is 0 Å². The van der Waals surface area contributed by atoms with E-state index >= 15 is 0 Å². The first-order chi connectivity index (χ1) is 15.0. The predicted molar refractivity (Wildman–Crippen MR) is 121 cm³/mol. The number of non-ortho nitro benzene ring substituents is 1. The number of nitro groups is 1. The Morgan fingerprint density at radius 3 is 1.87 bits per heavy atom. The number of allylic oxidation sites excluding steroid dienone is 1. The number of nitrogens with zero attached hydrogens (tertiary/aromatic N) is 2. The van der Waals surface area contributed by atoms with Gasteiger partial charge in [-0.3, -0.25) is 19.8 Å². The fraction of sp³-hybridized carbons (Fsp3) is 0.192. The lowest BCUT2D eigenvalue weighted by Crippen LogP contribution is -2.17. The number of benzene rings is 3. The number of ketones is 1. The molecule has 1 saturated heterocycles. The molecule has 0 N–H and O–H groups in total. The van der Waals surface area contributed by atoms with Crippen molar-refractivity contribution >= 4 is 11.5 Å². The quantitative estimate of drug-likeness (QED) is 0.218. The number of rotatable bonds is 7. The van der Waals surface area contributed by atoms with Crippen molar-refractivity contribution in [3.8, 4) is 0 Å². The second kappa shape index (κ2) is 8.66. The van der Waals surface area contributed by atoms with E-state index in [9.17, 15) is 14.9 Å². The summed E-state index contributed by atoms with van der Waals surface area (Å²) in [7, 11) is 0. The molecule has 3 unspecified atom stereocenters. The average Bonchev–Trinajstić information content (AvgIpc) is 3.50. The van der Waals surface area contributed by atoms with Crippen molar-refractivity contribution in [2.45, 2.75) is 32.0 Å². The predicted octanol–water partition coefficient (Wildman–Crippen LogP) is 5.65. The van der Waals surface area contributed by atoms with Gasteiger partial charge >= 0.3 is 0 Å². The molecule has 0 bridgehead atoms. The van der Waals surface area contributed by atoms with E-state index < -0.39 is 4.92 Å². The maximum Gasteiger partial charge on any atom is 0.269 e. The van der Waals surface area contributed by atoms with Gasteiger partial charge in [0.25, 0.3) is 5.69 Å². The Balaban J connectivity index is 1.78. The lowest BCUT2D eigenvalue weighted by molar-refractivity contribution is -0.384. The number of carbonyl (C=O) groups excluding carboxylic acids is 1. The first kappa shape index (κ1) is 20.7. The van der Waals surface area contributed by atoms with Gasteiger partial charge in [0.15, 0.2) is 5.78 Å². The van der Waals surface area contributed by atoms with Crippen LogP contribution in [0.3, 0.4) is 0 Å². The van der Waals surface area contributed by atoms with Gasteiger partial charge in [0.2, 0.25) is 0 Å². The fourth-order valence-corrected chi connectivity index (χ4v) is 4.20. The van der Waals surface area contributed by atoms with Gasteiger partial charge in [-0.1, -0.05) is 78.4 Å². The van der Waals surface area contributed by atoms with Gasteiger partial charge < -0.3 is 0 Å². The van der Waals surface area contributed by atoms with Gasteiger partial charge in [0, 0.05) is 12.1 Å². The highest BCUT2D eigenvalue weighted by Crippen LogP contribution is 2.52. The number of hydrogen-bond donors (Lipinski definition) is 0. The number of nitro benzene ring substituents is 1. The minimum Gasteiger partial charge on any atom is -0.293 e. The first-order valence-electron chi connectivity index (χ1n) is 10.3. The molecule has 0 saturated carbocycles. The van der Waals surface area contributed by atoms with Crippen molar-refractivity contribution in [3.05, 3.63) is 123 Å². The Bertz CT molecular complexity index is 1060. The molecule has 1 aliphatic heterocycles. The third-order valence-corrected chi connectivity index (χ3v) is 5.55. The lowest BCUT2D eigenvalue weighted by atomic mass is 9.98. The van der Waals surface area contributed by atoms with Crippen LogP contribution in [0.1, 0.15) is 42.6 Å². The van der Waals surface area contributed by atoms with E-state index in [-0.39, 0.29) is 29.6 Å².